The van der Waals surface area contributed by atoms with Gasteiger partial charge >= 0.3 is 6.18 Å². The van der Waals surface area contributed by atoms with Gasteiger partial charge < -0.3 is 10.0 Å². The van der Waals surface area contributed by atoms with Crippen LogP contribution in [0.1, 0.15) is 22.8 Å². The topological polar surface area (TPSA) is 40.5 Å². The fraction of sp³-hybridized carbons (Fsp3) is 0.417. The summed E-state index contributed by atoms with van der Waals surface area (Å²) in [4.78, 5) is 13.2. The van der Waals surface area contributed by atoms with E-state index in [0.717, 1.165) is 6.07 Å². The fourth-order valence-electron chi connectivity index (χ4n) is 1.40. The number of aliphatic hydroxyl groups is 1. The smallest absolute Gasteiger partial charge is 0.394 e. The first kappa shape index (κ1) is 16.0. The van der Waals surface area contributed by atoms with Gasteiger partial charge in [0.2, 0.25) is 0 Å². The molecule has 0 spiro atoms. The molecule has 0 radical (unpaired) electrons. The summed E-state index contributed by atoms with van der Waals surface area (Å²) in [5.74, 6) is -0.570. The van der Waals surface area contributed by atoms with E-state index in [2.05, 4.69) is 15.9 Å². The quantitative estimate of drug-likeness (QED) is 0.919. The molecule has 0 saturated carbocycles. The third-order valence-corrected chi connectivity index (χ3v) is 3.46. The molecule has 1 aromatic rings. The van der Waals surface area contributed by atoms with E-state index >= 15 is 0 Å². The van der Waals surface area contributed by atoms with Crippen LogP contribution in [0.2, 0.25) is 0 Å². The highest BCUT2D eigenvalue weighted by Gasteiger charge is 2.34. The lowest BCUT2D eigenvalue weighted by molar-refractivity contribution is -0.138. The minimum atomic E-state index is -4.53. The molecule has 1 unspecified atom stereocenters. The summed E-state index contributed by atoms with van der Waals surface area (Å²) in [6.45, 7) is 1.34. The van der Waals surface area contributed by atoms with Crippen LogP contribution in [0.3, 0.4) is 0 Å². The molecule has 1 amide bonds. The molecule has 7 heteroatoms. The largest absolute Gasteiger partial charge is 0.417 e. The zero-order valence-electron chi connectivity index (χ0n) is 10.3. The molecule has 0 aromatic heterocycles. The minimum Gasteiger partial charge on any atom is -0.394 e. The molecule has 0 aliphatic carbocycles. The summed E-state index contributed by atoms with van der Waals surface area (Å²) in [7, 11) is 1.43. The average molecular weight is 340 g/mol. The fourth-order valence-corrected chi connectivity index (χ4v) is 1.87. The molecule has 0 fully saturated rings. The number of hydrogen-bond acceptors (Lipinski definition) is 2. The van der Waals surface area contributed by atoms with Crippen molar-refractivity contribution < 1.29 is 23.1 Å². The first-order chi connectivity index (χ1) is 8.68. The molecule has 1 N–H and O–H groups in total. The van der Waals surface area contributed by atoms with Gasteiger partial charge in [-0.3, -0.25) is 4.79 Å². The number of amides is 1. The molecule has 3 nitrogen and oxygen atoms in total. The predicted molar refractivity (Wildman–Crippen MR) is 67.8 cm³/mol. The van der Waals surface area contributed by atoms with Gasteiger partial charge in [0.1, 0.15) is 0 Å². The van der Waals surface area contributed by atoms with Gasteiger partial charge in [-0.05, 0) is 25.1 Å². The van der Waals surface area contributed by atoms with Gasteiger partial charge in [-0.2, -0.15) is 13.2 Å². The lowest BCUT2D eigenvalue weighted by atomic mass is 10.1. The molecule has 0 aliphatic heterocycles. The number of alkyl halides is 3. The third-order valence-electron chi connectivity index (χ3n) is 2.76. The number of benzene rings is 1. The second-order valence-electron chi connectivity index (χ2n) is 4.14. The molecule has 0 aliphatic rings. The molecule has 1 aromatic carbocycles. The Morgan fingerprint density at radius 2 is 2.05 bits per heavy atom. The maximum Gasteiger partial charge on any atom is 0.417 e. The van der Waals surface area contributed by atoms with Crippen molar-refractivity contribution in [1.29, 1.82) is 0 Å². The van der Waals surface area contributed by atoms with Crippen molar-refractivity contribution in [2.24, 2.45) is 0 Å². The Morgan fingerprint density at radius 1 is 1.47 bits per heavy atom. The minimum absolute atomic E-state index is 0.0710. The van der Waals surface area contributed by atoms with Gasteiger partial charge in [-0.1, -0.05) is 15.9 Å². The predicted octanol–water partition coefficient (Wildman–Crippen LogP) is 2.92. The SMILES string of the molecule is CC(CO)N(C)C(=O)c1ccc(Br)c(C(F)(F)F)c1. The van der Waals surface area contributed by atoms with E-state index < -0.39 is 23.7 Å². The van der Waals surface area contributed by atoms with Gasteiger partial charge in [0, 0.05) is 17.1 Å². The highest BCUT2D eigenvalue weighted by atomic mass is 79.9. The van der Waals surface area contributed by atoms with Crippen LogP contribution in [0.15, 0.2) is 22.7 Å². The van der Waals surface area contributed by atoms with Crippen molar-refractivity contribution >= 4 is 21.8 Å². The van der Waals surface area contributed by atoms with E-state index in [4.69, 9.17) is 5.11 Å². The number of hydrogen-bond donors (Lipinski definition) is 1. The molecular weight excluding hydrogens is 327 g/mol. The molecule has 1 atom stereocenters. The number of halogens is 4. The molecule has 0 saturated heterocycles. The van der Waals surface area contributed by atoms with E-state index in [1.54, 1.807) is 6.92 Å². The Morgan fingerprint density at radius 3 is 2.53 bits per heavy atom. The average Bonchev–Trinajstić information content (AvgIpc) is 2.35. The molecule has 19 heavy (non-hydrogen) atoms. The molecule has 0 bridgehead atoms. The molecule has 0 heterocycles. The summed E-state index contributed by atoms with van der Waals surface area (Å²) in [5.41, 5.74) is -0.971. The van der Waals surface area contributed by atoms with Crippen molar-refractivity contribution in [2.45, 2.75) is 19.1 Å². The van der Waals surface area contributed by atoms with Gasteiger partial charge in [-0.25, -0.2) is 0 Å². The van der Waals surface area contributed by atoms with Crippen molar-refractivity contribution in [3.05, 3.63) is 33.8 Å². The summed E-state index contributed by atoms with van der Waals surface area (Å²) in [5, 5.41) is 8.95. The maximum atomic E-state index is 12.7. The highest BCUT2D eigenvalue weighted by Crippen LogP contribution is 2.35. The third kappa shape index (κ3) is 3.70. The van der Waals surface area contributed by atoms with Gasteiger partial charge in [0.05, 0.1) is 18.2 Å². The normalized spacial score (nSPS) is 13.2. The summed E-state index contributed by atoms with van der Waals surface area (Å²) >= 11 is 2.81. The lowest BCUT2D eigenvalue weighted by Crippen LogP contribution is -2.37. The Hall–Kier alpha value is -1.08. The van der Waals surface area contributed by atoms with Crippen LogP contribution in [0.4, 0.5) is 13.2 Å². The molecule has 1 rings (SSSR count). The Kier molecular flexibility index (Phi) is 4.98. The number of aliphatic hydroxyl groups excluding tert-OH is 1. The Labute approximate surface area is 117 Å². The second kappa shape index (κ2) is 5.92. The Balaban J connectivity index is 3.13. The van der Waals surface area contributed by atoms with Crippen LogP contribution < -0.4 is 0 Å². The second-order valence-corrected chi connectivity index (χ2v) is 4.99. The maximum absolute atomic E-state index is 12.7. The first-order valence-electron chi connectivity index (χ1n) is 5.43. The number of likely N-dealkylation sites (N-methyl/N-ethyl adjacent to an activating group) is 1. The number of carbonyl (C=O) groups is 1. The van der Waals surface area contributed by atoms with Crippen LogP contribution in [-0.2, 0) is 6.18 Å². The number of rotatable bonds is 3. The zero-order valence-corrected chi connectivity index (χ0v) is 11.9. The van der Waals surface area contributed by atoms with Crippen molar-refractivity contribution in [3.63, 3.8) is 0 Å². The Bertz CT molecular complexity index is 477. The van der Waals surface area contributed by atoms with E-state index in [0.29, 0.717) is 0 Å². The summed E-state index contributed by atoms with van der Waals surface area (Å²) < 4.78 is 38.1. The monoisotopic (exact) mass is 339 g/mol. The van der Waals surface area contributed by atoms with Crippen LogP contribution in [-0.4, -0.2) is 35.6 Å². The molecular formula is C12H13BrF3NO2. The van der Waals surface area contributed by atoms with Crippen LogP contribution in [0.25, 0.3) is 0 Å². The van der Waals surface area contributed by atoms with E-state index in [9.17, 15) is 18.0 Å². The van der Waals surface area contributed by atoms with Crippen molar-refractivity contribution in [1.82, 2.24) is 4.90 Å². The van der Waals surface area contributed by atoms with Crippen molar-refractivity contribution in [2.75, 3.05) is 13.7 Å². The number of nitrogens with zero attached hydrogens (tertiary/aromatic N) is 1. The van der Waals surface area contributed by atoms with E-state index in [1.807, 2.05) is 0 Å². The van der Waals surface area contributed by atoms with E-state index in [1.165, 1.54) is 24.1 Å². The van der Waals surface area contributed by atoms with Gasteiger partial charge in [0.15, 0.2) is 0 Å². The van der Waals surface area contributed by atoms with Gasteiger partial charge in [-0.15, -0.1) is 0 Å². The van der Waals surface area contributed by atoms with Crippen LogP contribution >= 0.6 is 15.9 Å². The van der Waals surface area contributed by atoms with Gasteiger partial charge in [0.25, 0.3) is 5.91 Å². The van der Waals surface area contributed by atoms with Crippen LogP contribution in [0, 0.1) is 0 Å². The van der Waals surface area contributed by atoms with Crippen LogP contribution in [0.5, 0.6) is 0 Å². The lowest BCUT2D eigenvalue weighted by Gasteiger charge is -2.23. The summed E-state index contributed by atoms with van der Waals surface area (Å²) in [6.07, 6.45) is -4.53. The molecule has 106 valence electrons. The standard InChI is InChI=1S/C12H13BrF3NO2/c1-7(6-18)17(2)11(19)8-3-4-10(13)9(5-8)12(14,15)16/h3-5,7,18H,6H2,1-2H3. The summed E-state index contributed by atoms with van der Waals surface area (Å²) in [6, 6.07) is 2.83. The van der Waals surface area contributed by atoms with Crippen molar-refractivity contribution in [3.8, 4) is 0 Å². The number of carbonyl (C=O) groups excluding carboxylic acids is 1. The zero-order chi connectivity index (χ0) is 14.8. The van der Waals surface area contributed by atoms with E-state index in [-0.39, 0.29) is 16.6 Å². The first-order valence-corrected chi connectivity index (χ1v) is 6.22. The highest BCUT2D eigenvalue weighted by molar-refractivity contribution is 9.10.